The lowest BCUT2D eigenvalue weighted by molar-refractivity contribution is -0.144. The Hall–Kier alpha value is -1.26. The number of amides is 2. The van der Waals surface area contributed by atoms with Gasteiger partial charge in [0.25, 0.3) is 0 Å². The van der Waals surface area contributed by atoms with Gasteiger partial charge in [0.1, 0.15) is 5.54 Å². The first-order chi connectivity index (χ1) is 8.93. The Bertz CT molecular complexity index is 362. The third kappa shape index (κ3) is 3.19. The first kappa shape index (κ1) is 14.2. The molecule has 2 atom stereocenters. The number of carboxylic acid groups (broad SMARTS) is 1. The summed E-state index contributed by atoms with van der Waals surface area (Å²) in [6.07, 6.45) is 6.52. The molecular weight excluding hydrogens is 244 g/mol. The molecule has 2 aliphatic carbocycles. The summed E-state index contributed by atoms with van der Waals surface area (Å²) in [7, 11) is 0. The van der Waals surface area contributed by atoms with Gasteiger partial charge in [-0.3, -0.25) is 0 Å². The molecule has 3 N–H and O–H groups in total. The Kier molecular flexibility index (Phi) is 4.02. The molecule has 0 saturated heterocycles. The molecule has 0 spiro atoms. The molecule has 2 fully saturated rings. The van der Waals surface area contributed by atoms with Gasteiger partial charge in [-0.15, -0.1) is 0 Å². The van der Waals surface area contributed by atoms with Crippen molar-refractivity contribution >= 4 is 12.0 Å². The predicted molar refractivity (Wildman–Crippen MR) is 71.9 cm³/mol. The topological polar surface area (TPSA) is 78.4 Å². The van der Waals surface area contributed by atoms with E-state index in [0.29, 0.717) is 5.92 Å². The van der Waals surface area contributed by atoms with Crippen molar-refractivity contribution in [3.8, 4) is 0 Å². The highest BCUT2D eigenvalue weighted by molar-refractivity contribution is 5.86. The molecule has 0 aromatic rings. The van der Waals surface area contributed by atoms with E-state index in [-0.39, 0.29) is 18.0 Å². The second-order valence-electron chi connectivity index (χ2n) is 6.21. The van der Waals surface area contributed by atoms with Crippen LogP contribution in [0.1, 0.15) is 52.4 Å². The van der Waals surface area contributed by atoms with E-state index in [1.54, 1.807) is 6.92 Å². The van der Waals surface area contributed by atoms with Gasteiger partial charge in [-0.2, -0.15) is 0 Å². The molecule has 5 nitrogen and oxygen atoms in total. The minimum Gasteiger partial charge on any atom is -0.480 e. The lowest BCUT2D eigenvalue weighted by Crippen LogP contribution is -2.58. The van der Waals surface area contributed by atoms with Crippen LogP contribution < -0.4 is 10.6 Å². The maximum atomic E-state index is 12.0. The Labute approximate surface area is 114 Å². The van der Waals surface area contributed by atoms with Gasteiger partial charge in [0.2, 0.25) is 0 Å². The zero-order valence-corrected chi connectivity index (χ0v) is 11.7. The van der Waals surface area contributed by atoms with Gasteiger partial charge in [-0.25, -0.2) is 9.59 Å². The number of hydrogen-bond donors (Lipinski definition) is 3. The molecule has 19 heavy (non-hydrogen) atoms. The number of aliphatic carboxylic acids is 1. The maximum Gasteiger partial charge on any atom is 0.329 e. The average Bonchev–Trinajstić information content (AvgIpc) is 3.04. The summed E-state index contributed by atoms with van der Waals surface area (Å²) in [6, 6.07) is -0.240. The zero-order valence-electron chi connectivity index (χ0n) is 11.7. The molecule has 2 saturated carbocycles. The van der Waals surface area contributed by atoms with Gasteiger partial charge in [-0.1, -0.05) is 12.8 Å². The van der Waals surface area contributed by atoms with Gasteiger partial charge in [0, 0.05) is 6.04 Å². The summed E-state index contributed by atoms with van der Waals surface area (Å²) in [6.45, 7) is 3.61. The standard InChI is InChI=1S/C14H24N2O3/c1-9(10-5-3-4-6-10)15-13(19)16-14(2,12(17)18)11-7-8-11/h9-11H,3-8H2,1-2H3,(H,17,18)(H2,15,16,19). The Morgan fingerprint density at radius 1 is 1.21 bits per heavy atom. The molecule has 108 valence electrons. The molecule has 2 aliphatic rings. The first-order valence-electron chi connectivity index (χ1n) is 7.25. The highest BCUT2D eigenvalue weighted by Crippen LogP contribution is 2.39. The van der Waals surface area contributed by atoms with E-state index in [2.05, 4.69) is 10.6 Å². The highest BCUT2D eigenvalue weighted by Gasteiger charge is 2.48. The van der Waals surface area contributed by atoms with E-state index >= 15 is 0 Å². The fourth-order valence-corrected chi connectivity index (χ4v) is 3.04. The molecule has 2 amide bonds. The summed E-state index contributed by atoms with van der Waals surface area (Å²) < 4.78 is 0. The zero-order chi connectivity index (χ0) is 14.0. The number of rotatable bonds is 5. The van der Waals surface area contributed by atoms with Crippen LogP contribution in [0.3, 0.4) is 0 Å². The Morgan fingerprint density at radius 3 is 2.26 bits per heavy atom. The summed E-state index contributed by atoms with van der Waals surface area (Å²) in [5, 5.41) is 14.9. The van der Waals surface area contributed by atoms with Crippen LogP contribution in [0.2, 0.25) is 0 Å². The van der Waals surface area contributed by atoms with Crippen molar-refractivity contribution in [2.75, 3.05) is 0 Å². The summed E-state index contributed by atoms with van der Waals surface area (Å²) in [5.41, 5.74) is -1.13. The van der Waals surface area contributed by atoms with E-state index in [9.17, 15) is 14.7 Å². The molecule has 0 bridgehead atoms. The van der Waals surface area contributed by atoms with Crippen molar-refractivity contribution in [3.63, 3.8) is 0 Å². The SMILES string of the molecule is CC(NC(=O)NC(C)(C(=O)O)C1CC1)C1CCCC1. The lowest BCUT2D eigenvalue weighted by Gasteiger charge is -2.28. The summed E-state index contributed by atoms with van der Waals surface area (Å²) in [5.74, 6) is -0.348. The lowest BCUT2D eigenvalue weighted by atomic mass is 9.96. The highest BCUT2D eigenvalue weighted by atomic mass is 16.4. The molecule has 0 heterocycles. The quantitative estimate of drug-likeness (QED) is 0.714. The van der Waals surface area contributed by atoms with Crippen LogP contribution in [0, 0.1) is 11.8 Å². The molecule has 0 radical (unpaired) electrons. The van der Waals surface area contributed by atoms with Crippen molar-refractivity contribution in [3.05, 3.63) is 0 Å². The molecular formula is C14H24N2O3. The minimum atomic E-state index is -1.13. The molecule has 0 aromatic heterocycles. The molecule has 2 unspecified atom stereocenters. The van der Waals surface area contributed by atoms with E-state index < -0.39 is 11.5 Å². The van der Waals surface area contributed by atoms with E-state index in [1.807, 2.05) is 6.92 Å². The third-order valence-electron chi connectivity index (χ3n) is 4.68. The van der Waals surface area contributed by atoms with Gasteiger partial charge >= 0.3 is 12.0 Å². The number of urea groups is 1. The fourth-order valence-electron chi connectivity index (χ4n) is 3.04. The van der Waals surface area contributed by atoms with Gasteiger partial charge in [0.15, 0.2) is 0 Å². The van der Waals surface area contributed by atoms with Crippen molar-refractivity contribution in [1.29, 1.82) is 0 Å². The molecule has 0 aromatic carbocycles. The first-order valence-corrected chi connectivity index (χ1v) is 7.25. The maximum absolute atomic E-state index is 12.0. The Morgan fingerprint density at radius 2 is 1.79 bits per heavy atom. The van der Waals surface area contributed by atoms with Crippen LogP contribution in [-0.2, 0) is 4.79 Å². The number of hydrogen-bond acceptors (Lipinski definition) is 2. The van der Waals surface area contributed by atoms with Gasteiger partial charge < -0.3 is 15.7 Å². The molecule has 5 heteroatoms. The molecule has 0 aliphatic heterocycles. The van der Waals surface area contributed by atoms with Crippen molar-refractivity contribution in [2.45, 2.75) is 64.0 Å². The minimum absolute atomic E-state index is 0.0672. The number of carbonyl (C=O) groups excluding carboxylic acids is 1. The Balaban J connectivity index is 1.87. The second-order valence-corrected chi connectivity index (χ2v) is 6.21. The van der Waals surface area contributed by atoms with Crippen LogP contribution in [0.15, 0.2) is 0 Å². The number of carbonyl (C=O) groups is 2. The van der Waals surface area contributed by atoms with Crippen molar-refractivity contribution < 1.29 is 14.7 Å². The summed E-state index contributed by atoms with van der Waals surface area (Å²) in [4.78, 5) is 23.3. The normalized spacial score (nSPS) is 24.5. The largest absolute Gasteiger partial charge is 0.480 e. The van der Waals surface area contributed by atoms with Gasteiger partial charge in [-0.05, 0) is 51.4 Å². The van der Waals surface area contributed by atoms with E-state index in [1.165, 1.54) is 12.8 Å². The fraction of sp³-hybridized carbons (Fsp3) is 0.857. The predicted octanol–water partition coefficient (Wildman–Crippen LogP) is 2.12. The summed E-state index contributed by atoms with van der Waals surface area (Å²) >= 11 is 0. The third-order valence-corrected chi connectivity index (χ3v) is 4.68. The van der Waals surface area contributed by atoms with Crippen LogP contribution in [0.4, 0.5) is 4.79 Å². The van der Waals surface area contributed by atoms with Gasteiger partial charge in [0.05, 0.1) is 0 Å². The van der Waals surface area contributed by atoms with Crippen LogP contribution in [0.25, 0.3) is 0 Å². The smallest absolute Gasteiger partial charge is 0.329 e. The van der Waals surface area contributed by atoms with Crippen LogP contribution in [0.5, 0.6) is 0 Å². The van der Waals surface area contributed by atoms with Crippen molar-refractivity contribution in [2.24, 2.45) is 11.8 Å². The number of carboxylic acids is 1. The monoisotopic (exact) mass is 268 g/mol. The van der Waals surface area contributed by atoms with Crippen LogP contribution in [-0.4, -0.2) is 28.7 Å². The molecule has 2 rings (SSSR count). The van der Waals surface area contributed by atoms with Crippen LogP contribution >= 0.6 is 0 Å². The number of nitrogens with one attached hydrogen (secondary N) is 2. The van der Waals surface area contributed by atoms with E-state index in [0.717, 1.165) is 25.7 Å². The second kappa shape index (κ2) is 5.39. The average molecular weight is 268 g/mol. The van der Waals surface area contributed by atoms with Crippen molar-refractivity contribution in [1.82, 2.24) is 10.6 Å². The van der Waals surface area contributed by atoms with E-state index in [4.69, 9.17) is 0 Å².